The molecule has 1 aliphatic rings. The SMILES string of the molecule is CC(Br)c1ccc2c3c(cccc13)CC2. The van der Waals surface area contributed by atoms with Gasteiger partial charge < -0.3 is 0 Å². The van der Waals surface area contributed by atoms with Gasteiger partial charge in [0.05, 0.1) is 0 Å². The second-order valence-corrected chi connectivity index (χ2v) is 5.64. The number of aryl methyl sites for hydroxylation is 2. The maximum atomic E-state index is 3.67. The van der Waals surface area contributed by atoms with Crippen LogP contribution in [-0.2, 0) is 12.8 Å². The summed E-state index contributed by atoms with van der Waals surface area (Å²) in [7, 11) is 0. The molecule has 0 N–H and O–H groups in total. The Morgan fingerprint density at radius 2 is 1.80 bits per heavy atom. The first-order chi connectivity index (χ1) is 7.27. The second kappa shape index (κ2) is 3.34. The zero-order valence-corrected chi connectivity index (χ0v) is 10.3. The first kappa shape index (κ1) is 9.41. The molecule has 1 heteroatoms. The Hall–Kier alpha value is -0.820. The molecule has 0 radical (unpaired) electrons. The van der Waals surface area contributed by atoms with E-state index in [-0.39, 0.29) is 0 Å². The summed E-state index contributed by atoms with van der Waals surface area (Å²) in [6, 6.07) is 11.3. The Morgan fingerprint density at radius 3 is 2.53 bits per heavy atom. The fourth-order valence-corrected chi connectivity index (χ4v) is 3.02. The van der Waals surface area contributed by atoms with Crippen molar-refractivity contribution in [2.24, 2.45) is 0 Å². The monoisotopic (exact) mass is 260 g/mol. The van der Waals surface area contributed by atoms with Crippen LogP contribution >= 0.6 is 15.9 Å². The lowest BCUT2D eigenvalue weighted by Gasteiger charge is -2.10. The van der Waals surface area contributed by atoms with Crippen molar-refractivity contribution >= 4 is 26.7 Å². The number of alkyl halides is 1. The maximum absolute atomic E-state index is 3.67. The molecule has 15 heavy (non-hydrogen) atoms. The van der Waals surface area contributed by atoms with Gasteiger partial charge in [-0.25, -0.2) is 0 Å². The molecule has 76 valence electrons. The molecule has 0 saturated carbocycles. The highest BCUT2D eigenvalue weighted by Crippen LogP contribution is 2.36. The first-order valence-corrected chi connectivity index (χ1v) is 6.36. The Balaban J connectivity index is 2.43. The molecule has 3 rings (SSSR count). The van der Waals surface area contributed by atoms with Crippen LogP contribution in [0.5, 0.6) is 0 Å². The highest BCUT2D eigenvalue weighted by Gasteiger charge is 2.16. The number of hydrogen-bond donors (Lipinski definition) is 0. The summed E-state index contributed by atoms with van der Waals surface area (Å²) in [6.07, 6.45) is 2.43. The number of halogens is 1. The van der Waals surface area contributed by atoms with E-state index in [9.17, 15) is 0 Å². The quantitative estimate of drug-likeness (QED) is 0.667. The van der Waals surface area contributed by atoms with E-state index in [2.05, 4.69) is 53.2 Å². The predicted octanol–water partition coefficient (Wildman–Crippen LogP) is 4.39. The van der Waals surface area contributed by atoms with Crippen molar-refractivity contribution in [1.29, 1.82) is 0 Å². The highest BCUT2D eigenvalue weighted by molar-refractivity contribution is 9.09. The summed E-state index contributed by atoms with van der Waals surface area (Å²) >= 11 is 3.67. The van der Waals surface area contributed by atoms with E-state index < -0.39 is 0 Å². The molecule has 0 aliphatic heterocycles. The minimum atomic E-state index is 0.433. The van der Waals surface area contributed by atoms with Crippen LogP contribution in [0.4, 0.5) is 0 Å². The third kappa shape index (κ3) is 1.33. The molecule has 0 saturated heterocycles. The predicted molar refractivity (Wildman–Crippen MR) is 68.7 cm³/mol. The zero-order chi connectivity index (χ0) is 10.4. The Labute approximate surface area is 98.4 Å². The van der Waals surface area contributed by atoms with Gasteiger partial charge in [0.1, 0.15) is 0 Å². The fraction of sp³-hybridized carbons (Fsp3) is 0.286. The molecule has 2 aromatic rings. The van der Waals surface area contributed by atoms with Gasteiger partial charge in [-0.15, -0.1) is 0 Å². The Morgan fingerprint density at radius 1 is 1.07 bits per heavy atom. The highest BCUT2D eigenvalue weighted by atomic mass is 79.9. The van der Waals surface area contributed by atoms with Gasteiger partial charge in [-0.1, -0.05) is 46.3 Å². The van der Waals surface area contributed by atoms with E-state index in [4.69, 9.17) is 0 Å². The molecule has 1 unspecified atom stereocenters. The van der Waals surface area contributed by atoms with E-state index >= 15 is 0 Å². The smallest absolute Gasteiger partial charge is 0.0373 e. The third-order valence-corrected chi connectivity index (χ3v) is 3.83. The van der Waals surface area contributed by atoms with Gasteiger partial charge in [0.25, 0.3) is 0 Å². The summed E-state index contributed by atoms with van der Waals surface area (Å²) in [6.45, 7) is 2.19. The van der Waals surface area contributed by atoms with Crippen molar-refractivity contribution in [2.75, 3.05) is 0 Å². The van der Waals surface area contributed by atoms with Crippen molar-refractivity contribution in [2.45, 2.75) is 24.6 Å². The van der Waals surface area contributed by atoms with Gasteiger partial charge in [-0.2, -0.15) is 0 Å². The largest absolute Gasteiger partial charge is 0.0842 e. The first-order valence-electron chi connectivity index (χ1n) is 5.45. The van der Waals surface area contributed by atoms with E-state index in [1.54, 1.807) is 0 Å². The molecule has 0 amide bonds. The molecule has 1 atom stereocenters. The van der Waals surface area contributed by atoms with Crippen molar-refractivity contribution < 1.29 is 0 Å². The minimum absolute atomic E-state index is 0.433. The molecule has 0 fully saturated rings. The number of benzene rings is 2. The van der Waals surface area contributed by atoms with Crippen molar-refractivity contribution in [1.82, 2.24) is 0 Å². The van der Waals surface area contributed by atoms with E-state index in [1.165, 1.54) is 40.3 Å². The van der Waals surface area contributed by atoms with Crippen LogP contribution in [-0.4, -0.2) is 0 Å². The minimum Gasteiger partial charge on any atom is -0.0842 e. The molecule has 0 bridgehead atoms. The van der Waals surface area contributed by atoms with Crippen molar-refractivity contribution in [3.63, 3.8) is 0 Å². The molecular weight excluding hydrogens is 248 g/mol. The van der Waals surface area contributed by atoms with Crippen LogP contribution in [0.3, 0.4) is 0 Å². The standard InChI is InChI=1S/C14H13Br/c1-9(15)12-8-7-11-6-5-10-3-2-4-13(12)14(10)11/h2-4,7-9H,5-6H2,1H3. The average molecular weight is 261 g/mol. The van der Waals surface area contributed by atoms with Crippen LogP contribution in [0, 0.1) is 0 Å². The molecule has 0 aromatic heterocycles. The summed E-state index contributed by atoms with van der Waals surface area (Å²) < 4.78 is 0. The molecule has 0 spiro atoms. The molecule has 0 nitrogen and oxygen atoms in total. The van der Waals surface area contributed by atoms with Gasteiger partial charge in [0, 0.05) is 4.83 Å². The average Bonchev–Trinajstić information content (AvgIpc) is 2.64. The summed E-state index contributed by atoms with van der Waals surface area (Å²) in [5, 5.41) is 2.95. The topological polar surface area (TPSA) is 0 Å². The molecule has 1 aliphatic carbocycles. The summed E-state index contributed by atoms with van der Waals surface area (Å²) in [4.78, 5) is 0.433. The van der Waals surface area contributed by atoms with E-state index in [0.717, 1.165) is 0 Å². The Bertz CT molecular complexity index is 516. The lowest BCUT2D eigenvalue weighted by Crippen LogP contribution is -1.88. The van der Waals surface area contributed by atoms with Gasteiger partial charge in [-0.3, -0.25) is 0 Å². The second-order valence-electron chi connectivity index (χ2n) is 4.27. The van der Waals surface area contributed by atoms with Crippen molar-refractivity contribution in [3.05, 3.63) is 47.0 Å². The molecule has 2 aromatic carbocycles. The zero-order valence-electron chi connectivity index (χ0n) is 8.76. The maximum Gasteiger partial charge on any atom is 0.0373 e. The van der Waals surface area contributed by atoms with Gasteiger partial charge in [-0.05, 0) is 47.2 Å². The van der Waals surface area contributed by atoms with Gasteiger partial charge in [0.2, 0.25) is 0 Å². The number of hydrogen-bond acceptors (Lipinski definition) is 0. The Kier molecular flexibility index (Phi) is 2.10. The van der Waals surface area contributed by atoms with Gasteiger partial charge >= 0.3 is 0 Å². The normalized spacial score (nSPS) is 15.9. The molecular formula is C14H13Br. The van der Waals surface area contributed by atoms with Crippen LogP contribution < -0.4 is 0 Å². The van der Waals surface area contributed by atoms with Crippen LogP contribution in [0.1, 0.15) is 28.4 Å². The van der Waals surface area contributed by atoms with Gasteiger partial charge in [0.15, 0.2) is 0 Å². The van der Waals surface area contributed by atoms with Crippen molar-refractivity contribution in [3.8, 4) is 0 Å². The van der Waals surface area contributed by atoms with E-state index in [1.807, 2.05) is 0 Å². The fourth-order valence-electron chi connectivity index (χ4n) is 2.62. The molecule has 0 heterocycles. The lowest BCUT2D eigenvalue weighted by atomic mass is 9.99. The summed E-state index contributed by atoms with van der Waals surface area (Å²) in [5.74, 6) is 0. The number of rotatable bonds is 1. The lowest BCUT2D eigenvalue weighted by molar-refractivity contribution is 1.02. The van der Waals surface area contributed by atoms with E-state index in [0.29, 0.717) is 4.83 Å². The third-order valence-electron chi connectivity index (χ3n) is 3.34. The van der Waals surface area contributed by atoms with Crippen LogP contribution in [0.2, 0.25) is 0 Å². The van der Waals surface area contributed by atoms with Crippen LogP contribution in [0.15, 0.2) is 30.3 Å². The van der Waals surface area contributed by atoms with Crippen LogP contribution in [0.25, 0.3) is 10.8 Å². The summed E-state index contributed by atoms with van der Waals surface area (Å²) in [5.41, 5.74) is 4.47.